The van der Waals surface area contributed by atoms with E-state index in [1.165, 1.54) is 0 Å². The van der Waals surface area contributed by atoms with Crippen molar-refractivity contribution in [1.29, 1.82) is 0 Å². The van der Waals surface area contributed by atoms with Crippen LogP contribution in [0.5, 0.6) is 0 Å². The minimum atomic E-state index is 0.170. The number of nitrogens with one attached hydrogen (secondary N) is 2. The number of hydrogen-bond donors (Lipinski definition) is 2. The summed E-state index contributed by atoms with van der Waals surface area (Å²) in [6, 6.07) is 0. The van der Waals surface area contributed by atoms with E-state index in [9.17, 15) is 4.79 Å². The largest absolute Gasteiger partial charge is 0.367 e. The van der Waals surface area contributed by atoms with Gasteiger partial charge in [0.1, 0.15) is 10.4 Å². The van der Waals surface area contributed by atoms with Gasteiger partial charge >= 0.3 is 0 Å². The van der Waals surface area contributed by atoms with E-state index in [1.54, 1.807) is 12.4 Å². The molecule has 0 unspecified atom stereocenters. The molecule has 16 heavy (non-hydrogen) atoms. The second-order valence-electron chi connectivity index (χ2n) is 3.72. The van der Waals surface area contributed by atoms with E-state index in [4.69, 9.17) is 0 Å². The van der Waals surface area contributed by atoms with Gasteiger partial charge in [-0.3, -0.25) is 4.79 Å². The molecule has 0 radical (unpaired) electrons. The van der Waals surface area contributed by atoms with E-state index in [0.717, 1.165) is 12.8 Å². The monoisotopic (exact) mass is 284 g/mol. The Labute approximate surface area is 102 Å². The summed E-state index contributed by atoms with van der Waals surface area (Å²) in [6.07, 6.45) is 5.35. The predicted molar refractivity (Wildman–Crippen MR) is 64.0 cm³/mol. The van der Waals surface area contributed by atoms with E-state index < -0.39 is 0 Å². The zero-order valence-corrected chi connectivity index (χ0v) is 10.3. The molecular weight excluding hydrogens is 272 g/mol. The molecular formula is C10H13BrN4O. The highest BCUT2D eigenvalue weighted by molar-refractivity contribution is 9.10. The Morgan fingerprint density at radius 3 is 2.81 bits per heavy atom. The van der Waals surface area contributed by atoms with Gasteiger partial charge in [-0.1, -0.05) is 0 Å². The van der Waals surface area contributed by atoms with Gasteiger partial charge in [0.15, 0.2) is 0 Å². The fourth-order valence-electron chi connectivity index (χ4n) is 1.27. The summed E-state index contributed by atoms with van der Waals surface area (Å²) in [5.74, 6) is 1.15. The average Bonchev–Trinajstić information content (AvgIpc) is 3.10. The normalized spacial score (nSPS) is 14.6. The summed E-state index contributed by atoms with van der Waals surface area (Å²) < 4.78 is 0.708. The second kappa shape index (κ2) is 5.25. The van der Waals surface area contributed by atoms with Gasteiger partial charge < -0.3 is 10.6 Å². The third-order valence-corrected chi connectivity index (χ3v) is 2.71. The molecule has 1 aliphatic carbocycles. The van der Waals surface area contributed by atoms with Gasteiger partial charge in [0, 0.05) is 19.0 Å². The average molecular weight is 285 g/mol. The van der Waals surface area contributed by atoms with Crippen molar-refractivity contribution in [1.82, 2.24) is 15.3 Å². The van der Waals surface area contributed by atoms with Gasteiger partial charge in [0.2, 0.25) is 5.91 Å². The number of nitrogens with zero attached hydrogens (tertiary/aromatic N) is 2. The van der Waals surface area contributed by atoms with E-state index in [0.29, 0.717) is 23.5 Å². The standard InChI is InChI=1S/C10H13BrN4O/c11-8-5-15-9(6-14-8)12-3-4-13-10(16)7-1-2-7/h5-7H,1-4H2,(H,12,15)(H,13,16). The first kappa shape index (κ1) is 11.3. The summed E-state index contributed by atoms with van der Waals surface area (Å²) in [6.45, 7) is 1.28. The first-order chi connectivity index (χ1) is 7.75. The third-order valence-electron chi connectivity index (χ3n) is 2.30. The first-order valence-corrected chi connectivity index (χ1v) is 6.04. The van der Waals surface area contributed by atoms with Crippen LogP contribution in [0.15, 0.2) is 17.0 Å². The molecule has 2 rings (SSSR count). The van der Waals surface area contributed by atoms with Crippen molar-refractivity contribution >= 4 is 27.7 Å². The van der Waals surface area contributed by atoms with Crippen LogP contribution in [0.4, 0.5) is 5.82 Å². The molecule has 1 aromatic rings. The van der Waals surface area contributed by atoms with Crippen molar-refractivity contribution in [2.75, 3.05) is 18.4 Å². The molecule has 1 aromatic heterocycles. The lowest BCUT2D eigenvalue weighted by atomic mass is 10.4. The van der Waals surface area contributed by atoms with Gasteiger partial charge in [-0.05, 0) is 28.8 Å². The van der Waals surface area contributed by atoms with Crippen LogP contribution in [0.1, 0.15) is 12.8 Å². The maximum atomic E-state index is 11.3. The topological polar surface area (TPSA) is 66.9 Å². The number of carbonyl (C=O) groups excluding carboxylic acids is 1. The fraction of sp³-hybridized carbons (Fsp3) is 0.500. The van der Waals surface area contributed by atoms with Crippen molar-refractivity contribution in [3.8, 4) is 0 Å². The molecule has 1 aliphatic rings. The Balaban J connectivity index is 1.63. The SMILES string of the molecule is O=C(NCCNc1cnc(Br)cn1)C1CC1. The van der Waals surface area contributed by atoms with Gasteiger partial charge in [0.05, 0.1) is 12.4 Å². The maximum absolute atomic E-state index is 11.3. The van der Waals surface area contributed by atoms with E-state index in [2.05, 4.69) is 36.5 Å². The highest BCUT2D eigenvalue weighted by Gasteiger charge is 2.28. The molecule has 0 aliphatic heterocycles. The summed E-state index contributed by atoms with van der Waals surface area (Å²) in [4.78, 5) is 19.4. The number of amides is 1. The Hall–Kier alpha value is -1.17. The predicted octanol–water partition coefficient (Wildman–Crippen LogP) is 1.18. The van der Waals surface area contributed by atoms with Crippen LogP contribution in [0, 0.1) is 5.92 Å². The Kier molecular flexibility index (Phi) is 3.71. The molecule has 0 saturated heterocycles. The second-order valence-corrected chi connectivity index (χ2v) is 4.53. The van der Waals surface area contributed by atoms with Crippen molar-refractivity contribution in [3.63, 3.8) is 0 Å². The molecule has 6 heteroatoms. The number of anilines is 1. The molecule has 86 valence electrons. The molecule has 0 aromatic carbocycles. The quantitative estimate of drug-likeness (QED) is 0.797. The van der Waals surface area contributed by atoms with Crippen molar-refractivity contribution in [2.24, 2.45) is 5.92 Å². The van der Waals surface area contributed by atoms with Crippen molar-refractivity contribution < 1.29 is 4.79 Å². The lowest BCUT2D eigenvalue weighted by molar-refractivity contribution is -0.122. The number of rotatable bonds is 5. The minimum absolute atomic E-state index is 0.170. The zero-order chi connectivity index (χ0) is 11.4. The Morgan fingerprint density at radius 2 is 2.19 bits per heavy atom. The van der Waals surface area contributed by atoms with E-state index >= 15 is 0 Å². The molecule has 0 spiro atoms. The summed E-state index contributed by atoms with van der Waals surface area (Å²) >= 11 is 3.21. The van der Waals surface area contributed by atoms with Crippen LogP contribution in [-0.2, 0) is 4.79 Å². The smallest absolute Gasteiger partial charge is 0.223 e. The summed E-state index contributed by atoms with van der Waals surface area (Å²) in [5.41, 5.74) is 0. The molecule has 1 saturated carbocycles. The van der Waals surface area contributed by atoms with E-state index in [1.807, 2.05) is 0 Å². The highest BCUT2D eigenvalue weighted by atomic mass is 79.9. The van der Waals surface area contributed by atoms with E-state index in [-0.39, 0.29) is 11.8 Å². The fourth-order valence-corrected chi connectivity index (χ4v) is 1.47. The molecule has 1 fully saturated rings. The Morgan fingerprint density at radius 1 is 1.38 bits per heavy atom. The number of aromatic nitrogens is 2. The summed E-state index contributed by atoms with van der Waals surface area (Å²) in [5, 5.41) is 5.94. The number of halogens is 1. The van der Waals surface area contributed by atoms with Crippen LogP contribution in [0.25, 0.3) is 0 Å². The molecule has 1 amide bonds. The van der Waals surface area contributed by atoms with Crippen LogP contribution < -0.4 is 10.6 Å². The number of hydrogen-bond acceptors (Lipinski definition) is 4. The summed E-state index contributed by atoms with van der Waals surface area (Å²) in [7, 11) is 0. The molecule has 0 bridgehead atoms. The lowest BCUT2D eigenvalue weighted by Crippen LogP contribution is -2.29. The molecule has 5 nitrogen and oxygen atoms in total. The molecule has 2 N–H and O–H groups in total. The van der Waals surface area contributed by atoms with Gasteiger partial charge in [0.25, 0.3) is 0 Å². The minimum Gasteiger partial charge on any atom is -0.367 e. The first-order valence-electron chi connectivity index (χ1n) is 5.25. The van der Waals surface area contributed by atoms with Gasteiger partial charge in [-0.2, -0.15) is 0 Å². The molecule has 1 heterocycles. The third kappa shape index (κ3) is 3.44. The van der Waals surface area contributed by atoms with Crippen molar-refractivity contribution in [2.45, 2.75) is 12.8 Å². The van der Waals surface area contributed by atoms with Gasteiger partial charge in [-0.25, -0.2) is 9.97 Å². The van der Waals surface area contributed by atoms with Crippen LogP contribution >= 0.6 is 15.9 Å². The van der Waals surface area contributed by atoms with Crippen molar-refractivity contribution in [3.05, 3.63) is 17.0 Å². The van der Waals surface area contributed by atoms with Crippen LogP contribution in [-0.4, -0.2) is 29.0 Å². The lowest BCUT2D eigenvalue weighted by Gasteiger charge is -2.06. The zero-order valence-electron chi connectivity index (χ0n) is 8.74. The van der Waals surface area contributed by atoms with Crippen LogP contribution in [0.3, 0.4) is 0 Å². The van der Waals surface area contributed by atoms with Crippen LogP contribution in [0.2, 0.25) is 0 Å². The Bertz CT molecular complexity index is 364. The highest BCUT2D eigenvalue weighted by Crippen LogP contribution is 2.28. The molecule has 0 atom stereocenters. The van der Waals surface area contributed by atoms with Gasteiger partial charge in [-0.15, -0.1) is 0 Å². The maximum Gasteiger partial charge on any atom is 0.223 e. The number of carbonyl (C=O) groups is 1.